The first-order valence-electron chi connectivity index (χ1n) is 11.3. The third-order valence-corrected chi connectivity index (χ3v) is 6.90. The van der Waals surface area contributed by atoms with Crippen LogP contribution in [-0.4, -0.2) is 90.1 Å². The fourth-order valence-corrected chi connectivity index (χ4v) is 4.91. The SMILES string of the molecule is COc1cccc2cc(C(=O)N3CC(O)C(N4CCN(C(=O)c5ccc(Cl)cc5)CC4)C3)oc12. The van der Waals surface area contributed by atoms with Gasteiger partial charge in [-0.2, -0.15) is 0 Å². The van der Waals surface area contributed by atoms with E-state index in [1.54, 1.807) is 48.4 Å². The van der Waals surface area contributed by atoms with Crippen LogP contribution in [0.5, 0.6) is 5.75 Å². The molecule has 8 nitrogen and oxygen atoms in total. The predicted octanol–water partition coefficient (Wildman–Crippen LogP) is 2.74. The molecule has 0 saturated carbocycles. The number of carbonyl (C=O) groups is 2. The molecule has 2 unspecified atom stereocenters. The molecular weight excluding hydrogens is 458 g/mol. The number of piperazine rings is 1. The Morgan fingerprint density at radius 3 is 2.44 bits per heavy atom. The number of para-hydroxylation sites is 1. The number of benzene rings is 2. The third kappa shape index (κ3) is 4.24. The zero-order chi connectivity index (χ0) is 23.8. The summed E-state index contributed by atoms with van der Waals surface area (Å²) in [6.07, 6.45) is -0.665. The van der Waals surface area contributed by atoms with Crippen LogP contribution in [0.4, 0.5) is 0 Å². The van der Waals surface area contributed by atoms with Crippen LogP contribution in [0.3, 0.4) is 0 Å². The third-order valence-electron chi connectivity index (χ3n) is 6.65. The first-order chi connectivity index (χ1) is 16.4. The van der Waals surface area contributed by atoms with Gasteiger partial charge in [0.2, 0.25) is 0 Å². The number of aliphatic hydroxyl groups excluding tert-OH is 1. The highest BCUT2D eigenvalue weighted by Gasteiger charge is 2.40. The van der Waals surface area contributed by atoms with Crippen LogP contribution in [0.25, 0.3) is 11.0 Å². The molecule has 2 aliphatic heterocycles. The van der Waals surface area contributed by atoms with E-state index in [1.165, 1.54) is 0 Å². The van der Waals surface area contributed by atoms with Crippen molar-refractivity contribution in [3.05, 3.63) is 64.9 Å². The van der Waals surface area contributed by atoms with Gasteiger partial charge in [-0.15, -0.1) is 0 Å². The maximum atomic E-state index is 13.1. The topological polar surface area (TPSA) is 86.5 Å². The average molecular weight is 484 g/mol. The Kier molecular flexibility index (Phi) is 6.20. The van der Waals surface area contributed by atoms with Gasteiger partial charge in [0.1, 0.15) is 0 Å². The van der Waals surface area contributed by atoms with E-state index in [-0.39, 0.29) is 30.2 Å². The highest BCUT2D eigenvalue weighted by molar-refractivity contribution is 6.30. The monoisotopic (exact) mass is 483 g/mol. The van der Waals surface area contributed by atoms with Crippen molar-refractivity contribution in [1.82, 2.24) is 14.7 Å². The van der Waals surface area contributed by atoms with E-state index < -0.39 is 6.10 Å². The summed E-state index contributed by atoms with van der Waals surface area (Å²) in [7, 11) is 1.56. The minimum atomic E-state index is -0.665. The first kappa shape index (κ1) is 22.7. The van der Waals surface area contributed by atoms with E-state index in [0.717, 1.165) is 5.39 Å². The Bertz CT molecular complexity index is 1200. The van der Waals surface area contributed by atoms with Crippen LogP contribution in [0.2, 0.25) is 5.02 Å². The molecule has 5 rings (SSSR count). The number of furan rings is 1. The average Bonchev–Trinajstić information content (AvgIpc) is 3.47. The lowest BCUT2D eigenvalue weighted by Crippen LogP contribution is -2.54. The minimum Gasteiger partial charge on any atom is -0.493 e. The summed E-state index contributed by atoms with van der Waals surface area (Å²) in [6, 6.07) is 13.9. The molecule has 0 bridgehead atoms. The zero-order valence-electron chi connectivity index (χ0n) is 18.8. The number of halogens is 1. The summed E-state index contributed by atoms with van der Waals surface area (Å²) in [5.74, 6) is 0.518. The summed E-state index contributed by atoms with van der Waals surface area (Å²) in [5, 5.41) is 12.1. The number of β-amino-alcohol motifs (C(OH)–C–C–N with tert-alkyl or cyclic N) is 1. The van der Waals surface area contributed by atoms with E-state index in [2.05, 4.69) is 4.90 Å². The molecule has 0 spiro atoms. The van der Waals surface area contributed by atoms with Gasteiger partial charge >= 0.3 is 0 Å². The quantitative estimate of drug-likeness (QED) is 0.614. The smallest absolute Gasteiger partial charge is 0.289 e. The number of aliphatic hydroxyl groups is 1. The molecule has 9 heteroatoms. The van der Waals surface area contributed by atoms with Crippen LogP contribution in [-0.2, 0) is 0 Å². The summed E-state index contributed by atoms with van der Waals surface area (Å²) in [5.41, 5.74) is 1.14. The van der Waals surface area contributed by atoms with E-state index in [4.69, 9.17) is 20.8 Å². The van der Waals surface area contributed by atoms with Crippen molar-refractivity contribution in [2.24, 2.45) is 0 Å². The summed E-state index contributed by atoms with van der Waals surface area (Å²) in [6.45, 7) is 3.01. The second-order valence-electron chi connectivity index (χ2n) is 8.67. The molecule has 2 saturated heterocycles. The lowest BCUT2D eigenvalue weighted by atomic mass is 10.1. The van der Waals surface area contributed by atoms with Gasteiger partial charge in [-0.05, 0) is 36.4 Å². The van der Waals surface area contributed by atoms with Gasteiger partial charge in [0.05, 0.1) is 19.3 Å². The molecule has 1 aromatic heterocycles. The molecule has 2 amide bonds. The van der Waals surface area contributed by atoms with Crippen molar-refractivity contribution in [2.45, 2.75) is 12.1 Å². The van der Waals surface area contributed by atoms with Gasteiger partial charge in [0, 0.05) is 55.2 Å². The van der Waals surface area contributed by atoms with Crippen molar-refractivity contribution in [3.63, 3.8) is 0 Å². The molecule has 2 aromatic carbocycles. The number of likely N-dealkylation sites (tertiary alicyclic amines) is 1. The zero-order valence-corrected chi connectivity index (χ0v) is 19.6. The highest BCUT2D eigenvalue weighted by atomic mass is 35.5. The summed E-state index contributed by atoms with van der Waals surface area (Å²) >= 11 is 5.92. The lowest BCUT2D eigenvalue weighted by Gasteiger charge is -2.38. The van der Waals surface area contributed by atoms with Gasteiger partial charge in [-0.1, -0.05) is 23.7 Å². The molecule has 1 N–H and O–H groups in total. The van der Waals surface area contributed by atoms with Gasteiger partial charge < -0.3 is 24.1 Å². The number of ether oxygens (including phenoxy) is 1. The Labute approximate surface area is 202 Å². The molecule has 0 radical (unpaired) electrons. The predicted molar refractivity (Wildman–Crippen MR) is 127 cm³/mol. The molecule has 178 valence electrons. The minimum absolute atomic E-state index is 0.0274. The fourth-order valence-electron chi connectivity index (χ4n) is 4.78. The molecule has 2 atom stereocenters. The summed E-state index contributed by atoms with van der Waals surface area (Å²) in [4.78, 5) is 31.5. The summed E-state index contributed by atoms with van der Waals surface area (Å²) < 4.78 is 11.1. The molecule has 2 aliphatic rings. The van der Waals surface area contributed by atoms with Crippen molar-refractivity contribution in [2.75, 3.05) is 46.4 Å². The number of carbonyl (C=O) groups excluding carboxylic acids is 2. The maximum Gasteiger partial charge on any atom is 0.289 e. The number of methoxy groups -OCH3 is 1. The molecule has 3 aromatic rings. The number of fused-ring (bicyclic) bond motifs is 1. The van der Waals surface area contributed by atoms with Gasteiger partial charge in [-0.25, -0.2) is 0 Å². The van der Waals surface area contributed by atoms with Crippen LogP contribution in [0, 0.1) is 0 Å². The van der Waals surface area contributed by atoms with Gasteiger partial charge in [-0.3, -0.25) is 14.5 Å². The van der Waals surface area contributed by atoms with E-state index in [9.17, 15) is 14.7 Å². The Balaban J connectivity index is 1.22. The van der Waals surface area contributed by atoms with Crippen LogP contribution in [0.15, 0.2) is 52.9 Å². The van der Waals surface area contributed by atoms with E-state index in [0.29, 0.717) is 54.6 Å². The van der Waals surface area contributed by atoms with E-state index >= 15 is 0 Å². The van der Waals surface area contributed by atoms with Gasteiger partial charge in [0.15, 0.2) is 17.1 Å². The lowest BCUT2D eigenvalue weighted by molar-refractivity contribution is 0.0376. The van der Waals surface area contributed by atoms with Crippen molar-refractivity contribution in [3.8, 4) is 5.75 Å². The Morgan fingerprint density at radius 1 is 1.00 bits per heavy atom. The van der Waals surface area contributed by atoms with Crippen LogP contribution >= 0.6 is 11.6 Å². The largest absolute Gasteiger partial charge is 0.493 e. The fraction of sp³-hybridized carbons (Fsp3) is 0.360. The number of nitrogens with zero attached hydrogens (tertiary/aromatic N) is 3. The normalized spacial score (nSPS) is 21.3. The Hall–Kier alpha value is -3.07. The maximum absolute atomic E-state index is 13.1. The van der Waals surface area contributed by atoms with E-state index in [1.807, 2.05) is 17.0 Å². The van der Waals surface area contributed by atoms with Crippen molar-refractivity contribution >= 4 is 34.4 Å². The van der Waals surface area contributed by atoms with Crippen molar-refractivity contribution < 1.29 is 23.8 Å². The van der Waals surface area contributed by atoms with Gasteiger partial charge in [0.25, 0.3) is 11.8 Å². The number of amides is 2. The molecule has 34 heavy (non-hydrogen) atoms. The highest BCUT2D eigenvalue weighted by Crippen LogP contribution is 2.30. The number of hydrogen-bond acceptors (Lipinski definition) is 6. The second kappa shape index (κ2) is 9.29. The Morgan fingerprint density at radius 2 is 1.74 bits per heavy atom. The molecule has 0 aliphatic carbocycles. The van der Waals surface area contributed by atoms with Crippen molar-refractivity contribution in [1.29, 1.82) is 0 Å². The number of hydrogen-bond donors (Lipinski definition) is 1. The van der Waals surface area contributed by atoms with Crippen LogP contribution < -0.4 is 4.74 Å². The van der Waals surface area contributed by atoms with Crippen LogP contribution in [0.1, 0.15) is 20.9 Å². The molecule has 2 fully saturated rings. The second-order valence-corrected chi connectivity index (χ2v) is 9.11. The standard InChI is InChI=1S/C25H26ClN3O5/c1-33-21-4-2-3-17-13-22(34-23(17)21)25(32)29-14-19(20(30)15-29)27-9-11-28(12-10-27)24(31)16-5-7-18(26)8-6-16/h2-8,13,19-20,30H,9-12,14-15H2,1H3. The molecule has 3 heterocycles. The number of rotatable bonds is 4. The first-order valence-corrected chi connectivity index (χ1v) is 11.6. The molecular formula is C25H26ClN3O5.